The summed E-state index contributed by atoms with van der Waals surface area (Å²) in [7, 11) is 1.51. The molecule has 21 heavy (non-hydrogen) atoms. The van der Waals surface area contributed by atoms with Gasteiger partial charge in [-0.1, -0.05) is 19.9 Å². The molecule has 0 atom stereocenters. The second kappa shape index (κ2) is 6.35. The summed E-state index contributed by atoms with van der Waals surface area (Å²) in [4.78, 5) is 4.26. The lowest BCUT2D eigenvalue weighted by Gasteiger charge is -2.08. The number of ether oxygens (including phenoxy) is 1. The van der Waals surface area contributed by atoms with Gasteiger partial charge in [-0.2, -0.15) is 5.10 Å². The number of H-pyrrole nitrogens is 1. The summed E-state index contributed by atoms with van der Waals surface area (Å²) in [6.45, 7) is 5.91. The van der Waals surface area contributed by atoms with Crippen LogP contribution in [-0.2, 0) is 0 Å². The Labute approximate surface area is 123 Å². The fraction of sp³-hybridized carbons (Fsp3) is 0.250. The van der Waals surface area contributed by atoms with E-state index in [1.807, 2.05) is 26.8 Å². The van der Waals surface area contributed by atoms with E-state index >= 15 is 0 Å². The highest BCUT2D eigenvalue weighted by Crippen LogP contribution is 2.32. The lowest BCUT2D eigenvalue weighted by molar-refractivity contribution is 0.413. The Kier molecular flexibility index (Phi) is 4.52. The van der Waals surface area contributed by atoms with Gasteiger partial charge in [0.25, 0.3) is 0 Å². The molecule has 1 N–H and O–H groups in total. The maximum atomic E-state index is 14.0. The van der Waals surface area contributed by atoms with E-state index in [9.17, 15) is 4.39 Å². The van der Waals surface area contributed by atoms with Crippen molar-refractivity contribution in [3.8, 4) is 17.0 Å². The van der Waals surface area contributed by atoms with Gasteiger partial charge >= 0.3 is 0 Å². The molecule has 0 aliphatic rings. The molecular formula is C16H18FN3O. The number of aromatic nitrogens is 3. The molecule has 0 saturated carbocycles. The number of aryl methyl sites for hydroxylation is 1. The SMILES string of the molecule is CC.COc1cccc(F)c1-c1cc2c(C)[nH]nc2cn1. The Morgan fingerprint density at radius 1 is 1.24 bits per heavy atom. The second-order valence-electron chi connectivity index (χ2n) is 4.25. The molecule has 0 saturated heterocycles. The van der Waals surface area contributed by atoms with Crippen LogP contribution in [0, 0.1) is 12.7 Å². The number of nitrogens with one attached hydrogen (secondary N) is 1. The molecule has 3 aromatic rings. The number of pyridine rings is 1. The molecule has 0 bridgehead atoms. The van der Waals surface area contributed by atoms with Gasteiger partial charge in [-0.25, -0.2) is 4.39 Å². The molecule has 110 valence electrons. The molecule has 0 unspecified atom stereocenters. The smallest absolute Gasteiger partial charge is 0.136 e. The van der Waals surface area contributed by atoms with E-state index in [1.165, 1.54) is 13.2 Å². The summed E-state index contributed by atoms with van der Waals surface area (Å²) < 4.78 is 19.2. The number of hydrogen-bond donors (Lipinski definition) is 1. The number of benzene rings is 1. The number of hydrogen-bond acceptors (Lipinski definition) is 3. The zero-order valence-corrected chi connectivity index (χ0v) is 12.6. The lowest BCUT2D eigenvalue weighted by Crippen LogP contribution is -1.93. The van der Waals surface area contributed by atoms with Gasteiger partial charge in [-0.15, -0.1) is 0 Å². The Hall–Kier alpha value is -2.43. The van der Waals surface area contributed by atoms with Crippen LogP contribution in [0.2, 0.25) is 0 Å². The van der Waals surface area contributed by atoms with Crippen molar-refractivity contribution >= 4 is 10.9 Å². The first-order valence-electron chi connectivity index (χ1n) is 6.84. The van der Waals surface area contributed by atoms with E-state index in [2.05, 4.69) is 15.2 Å². The topological polar surface area (TPSA) is 50.8 Å². The first-order chi connectivity index (χ1) is 10.2. The van der Waals surface area contributed by atoms with Crippen molar-refractivity contribution in [1.29, 1.82) is 0 Å². The third kappa shape index (κ3) is 2.72. The van der Waals surface area contributed by atoms with E-state index in [0.29, 0.717) is 17.0 Å². The third-order valence-corrected chi connectivity index (χ3v) is 3.08. The standard InChI is InChI=1S/C14H12FN3O.C2H6/c1-8-9-6-11(16-7-12(9)18-17-8)14-10(15)4-3-5-13(14)19-2;1-2/h3-7H,1-2H3,(H,17,18);1-2H3. The highest BCUT2D eigenvalue weighted by molar-refractivity contribution is 5.85. The van der Waals surface area contributed by atoms with Gasteiger partial charge in [0, 0.05) is 11.1 Å². The van der Waals surface area contributed by atoms with Crippen LogP contribution in [0.3, 0.4) is 0 Å². The zero-order valence-electron chi connectivity index (χ0n) is 12.6. The molecule has 0 fully saturated rings. The van der Waals surface area contributed by atoms with Crippen LogP contribution in [0.4, 0.5) is 4.39 Å². The van der Waals surface area contributed by atoms with Crippen molar-refractivity contribution in [2.45, 2.75) is 20.8 Å². The lowest BCUT2D eigenvalue weighted by atomic mass is 10.1. The maximum Gasteiger partial charge on any atom is 0.136 e. The molecule has 0 aliphatic heterocycles. The average molecular weight is 287 g/mol. The molecule has 5 heteroatoms. The van der Waals surface area contributed by atoms with Crippen LogP contribution in [0.25, 0.3) is 22.2 Å². The van der Waals surface area contributed by atoms with Gasteiger partial charge in [0.05, 0.1) is 24.6 Å². The number of rotatable bonds is 2. The predicted octanol–water partition coefficient (Wildman–Crippen LogP) is 4.11. The summed E-state index contributed by atoms with van der Waals surface area (Å²) in [6.07, 6.45) is 1.63. The quantitative estimate of drug-likeness (QED) is 0.771. The molecule has 0 aliphatic carbocycles. The van der Waals surface area contributed by atoms with Gasteiger partial charge in [-0.3, -0.25) is 10.1 Å². The molecule has 2 aromatic heterocycles. The number of methoxy groups -OCH3 is 1. The van der Waals surface area contributed by atoms with Crippen molar-refractivity contribution in [3.05, 3.63) is 42.0 Å². The summed E-state index contributed by atoms with van der Waals surface area (Å²) in [5, 5.41) is 7.92. The summed E-state index contributed by atoms with van der Waals surface area (Å²) >= 11 is 0. The van der Waals surface area contributed by atoms with Gasteiger partial charge in [0.1, 0.15) is 17.1 Å². The Morgan fingerprint density at radius 3 is 2.71 bits per heavy atom. The minimum atomic E-state index is -0.354. The van der Waals surface area contributed by atoms with Gasteiger partial charge < -0.3 is 4.74 Å². The van der Waals surface area contributed by atoms with E-state index in [-0.39, 0.29) is 5.82 Å². The van der Waals surface area contributed by atoms with Crippen LogP contribution in [0.5, 0.6) is 5.75 Å². The minimum absolute atomic E-state index is 0.354. The number of fused-ring (bicyclic) bond motifs is 1. The maximum absolute atomic E-state index is 14.0. The van der Waals surface area contributed by atoms with Crippen LogP contribution >= 0.6 is 0 Å². The van der Waals surface area contributed by atoms with Crippen molar-refractivity contribution < 1.29 is 9.13 Å². The Balaban J connectivity index is 0.000000774. The van der Waals surface area contributed by atoms with Gasteiger partial charge in [0.15, 0.2) is 0 Å². The third-order valence-electron chi connectivity index (χ3n) is 3.08. The van der Waals surface area contributed by atoms with E-state index in [0.717, 1.165) is 16.6 Å². The van der Waals surface area contributed by atoms with Crippen LogP contribution in [-0.4, -0.2) is 22.3 Å². The summed E-state index contributed by atoms with van der Waals surface area (Å²) in [5.74, 6) is 0.111. The molecule has 0 amide bonds. The van der Waals surface area contributed by atoms with Crippen molar-refractivity contribution in [2.24, 2.45) is 0 Å². The second-order valence-corrected chi connectivity index (χ2v) is 4.25. The van der Waals surface area contributed by atoms with Crippen molar-refractivity contribution in [1.82, 2.24) is 15.2 Å². The van der Waals surface area contributed by atoms with Crippen LogP contribution < -0.4 is 4.74 Å². The van der Waals surface area contributed by atoms with Crippen LogP contribution in [0.15, 0.2) is 30.5 Å². The molecule has 3 rings (SSSR count). The Bertz CT molecular complexity index is 752. The fourth-order valence-corrected chi connectivity index (χ4v) is 2.10. The van der Waals surface area contributed by atoms with Gasteiger partial charge in [-0.05, 0) is 25.1 Å². The number of nitrogens with zero attached hydrogens (tertiary/aromatic N) is 2. The minimum Gasteiger partial charge on any atom is -0.496 e. The molecule has 0 radical (unpaired) electrons. The molecular weight excluding hydrogens is 269 g/mol. The molecule has 0 spiro atoms. The van der Waals surface area contributed by atoms with Crippen molar-refractivity contribution in [3.63, 3.8) is 0 Å². The van der Waals surface area contributed by atoms with Crippen LogP contribution in [0.1, 0.15) is 19.5 Å². The fourth-order valence-electron chi connectivity index (χ4n) is 2.10. The zero-order chi connectivity index (χ0) is 15.4. The highest BCUT2D eigenvalue weighted by Gasteiger charge is 2.14. The molecule has 2 heterocycles. The summed E-state index contributed by atoms with van der Waals surface area (Å²) in [5.41, 5.74) is 2.59. The first-order valence-corrected chi connectivity index (χ1v) is 6.84. The predicted molar refractivity (Wildman–Crippen MR) is 81.9 cm³/mol. The molecule has 1 aromatic carbocycles. The number of aromatic amines is 1. The van der Waals surface area contributed by atoms with E-state index in [1.54, 1.807) is 18.3 Å². The van der Waals surface area contributed by atoms with E-state index < -0.39 is 0 Å². The summed E-state index contributed by atoms with van der Waals surface area (Å²) in [6, 6.07) is 6.53. The van der Waals surface area contributed by atoms with Crippen molar-refractivity contribution in [2.75, 3.05) is 7.11 Å². The first kappa shape index (κ1) is 15.0. The monoisotopic (exact) mass is 287 g/mol. The Morgan fingerprint density at radius 2 is 2.00 bits per heavy atom. The average Bonchev–Trinajstić information content (AvgIpc) is 2.90. The number of halogens is 1. The largest absolute Gasteiger partial charge is 0.496 e. The normalized spacial score (nSPS) is 10.1. The molecule has 4 nitrogen and oxygen atoms in total. The van der Waals surface area contributed by atoms with Gasteiger partial charge in [0.2, 0.25) is 0 Å². The highest BCUT2D eigenvalue weighted by atomic mass is 19.1. The van der Waals surface area contributed by atoms with E-state index in [4.69, 9.17) is 4.74 Å².